The van der Waals surface area contributed by atoms with E-state index in [1.165, 1.54) is 28.0 Å². The number of rotatable bonds is 2. The number of hydrogen-bond donors (Lipinski definition) is 2. The van der Waals surface area contributed by atoms with Gasteiger partial charge in [-0.2, -0.15) is 11.8 Å². The van der Waals surface area contributed by atoms with E-state index in [0.717, 1.165) is 20.5 Å². The fraction of sp³-hybridized carbons (Fsp3) is 0.150. The van der Waals surface area contributed by atoms with E-state index in [-0.39, 0.29) is 6.04 Å². The van der Waals surface area contributed by atoms with Gasteiger partial charge in [-0.3, -0.25) is 0 Å². The van der Waals surface area contributed by atoms with Gasteiger partial charge < -0.3 is 10.6 Å². The van der Waals surface area contributed by atoms with Gasteiger partial charge in [0.25, 0.3) is 0 Å². The molecule has 132 valence electrons. The van der Waals surface area contributed by atoms with E-state index in [2.05, 4.69) is 85.0 Å². The first-order chi connectivity index (χ1) is 12.6. The van der Waals surface area contributed by atoms with Gasteiger partial charge in [0.15, 0.2) is 5.11 Å². The Bertz CT molecular complexity index is 937. The first kappa shape index (κ1) is 18.3. The molecular formula is C20H16Br2N2S2. The van der Waals surface area contributed by atoms with Gasteiger partial charge in [-0.15, -0.1) is 0 Å². The molecular weight excluding hydrogens is 492 g/mol. The van der Waals surface area contributed by atoms with Gasteiger partial charge >= 0.3 is 0 Å². The number of nitrogens with one attached hydrogen (secondary N) is 2. The van der Waals surface area contributed by atoms with Crippen LogP contribution in [-0.2, 0) is 0 Å². The second-order valence-corrected chi connectivity index (χ2v) is 9.43. The minimum Gasteiger partial charge on any atom is -0.352 e. The largest absolute Gasteiger partial charge is 0.352 e. The molecule has 0 radical (unpaired) electrons. The van der Waals surface area contributed by atoms with Crippen LogP contribution in [0.1, 0.15) is 17.2 Å². The maximum Gasteiger partial charge on any atom is 0.171 e. The lowest BCUT2D eigenvalue weighted by Crippen LogP contribution is -2.45. The topological polar surface area (TPSA) is 24.1 Å². The minimum absolute atomic E-state index is 0.106. The van der Waals surface area contributed by atoms with Crippen molar-refractivity contribution in [1.82, 2.24) is 10.6 Å². The van der Waals surface area contributed by atoms with Crippen molar-refractivity contribution < 1.29 is 0 Å². The molecule has 2 aromatic carbocycles. The Morgan fingerprint density at radius 2 is 1.81 bits per heavy atom. The predicted octanol–water partition coefficient (Wildman–Crippen LogP) is 5.81. The molecule has 2 aliphatic rings. The standard InChI is InChI=1S/C20H16Br2N2S2/c21-15-5-1-3-12(8-15)7-14-10-26-11-17-18(23-20(25)24-19(14)17)13-4-2-6-16(22)9-13/h1-9,18H,10-11H2,(H2,23,24,25)/b14-7-/t18-/m1/s1. The number of halogens is 2. The van der Waals surface area contributed by atoms with Crippen molar-refractivity contribution in [3.05, 3.63) is 85.4 Å². The van der Waals surface area contributed by atoms with Crippen LogP contribution in [-0.4, -0.2) is 16.6 Å². The fourth-order valence-corrected chi connectivity index (χ4v) is 5.39. The Labute approximate surface area is 179 Å². The van der Waals surface area contributed by atoms with Crippen LogP contribution >= 0.6 is 55.8 Å². The maximum atomic E-state index is 5.51. The first-order valence-electron chi connectivity index (χ1n) is 8.20. The van der Waals surface area contributed by atoms with E-state index >= 15 is 0 Å². The summed E-state index contributed by atoms with van der Waals surface area (Å²) in [5.74, 6) is 1.97. The molecule has 0 saturated carbocycles. The molecule has 1 atom stereocenters. The van der Waals surface area contributed by atoms with Crippen LogP contribution in [0.5, 0.6) is 0 Å². The second kappa shape index (κ2) is 7.89. The Morgan fingerprint density at radius 3 is 2.58 bits per heavy atom. The molecule has 26 heavy (non-hydrogen) atoms. The third-order valence-electron chi connectivity index (χ3n) is 4.39. The van der Waals surface area contributed by atoms with Crippen molar-refractivity contribution in [3.8, 4) is 0 Å². The summed E-state index contributed by atoms with van der Waals surface area (Å²) in [7, 11) is 0. The third-order valence-corrected chi connectivity index (χ3v) is 6.63. The van der Waals surface area contributed by atoms with Crippen LogP contribution < -0.4 is 10.6 Å². The van der Waals surface area contributed by atoms with Crippen molar-refractivity contribution in [1.29, 1.82) is 0 Å². The van der Waals surface area contributed by atoms with Crippen LogP contribution in [0, 0.1) is 0 Å². The lowest BCUT2D eigenvalue weighted by atomic mass is 9.93. The summed E-state index contributed by atoms with van der Waals surface area (Å²) >= 11 is 14.6. The molecule has 6 heteroatoms. The van der Waals surface area contributed by atoms with E-state index in [1.807, 2.05) is 23.9 Å². The lowest BCUT2D eigenvalue weighted by Gasteiger charge is -2.35. The molecule has 0 amide bonds. The normalized spacial score (nSPS) is 21.2. The Hall–Kier alpha value is -1.08. The molecule has 0 spiro atoms. The molecule has 0 aliphatic carbocycles. The summed E-state index contributed by atoms with van der Waals surface area (Å²) in [6.07, 6.45) is 2.26. The SMILES string of the molecule is S=C1NC2=C(CSC/C2=C/c2cccc(Br)c2)[C@@H](c2cccc(Br)c2)N1. The van der Waals surface area contributed by atoms with Gasteiger partial charge in [0, 0.05) is 26.1 Å². The van der Waals surface area contributed by atoms with Crippen molar-refractivity contribution in [2.45, 2.75) is 6.04 Å². The van der Waals surface area contributed by atoms with Gasteiger partial charge in [0.1, 0.15) is 0 Å². The van der Waals surface area contributed by atoms with Gasteiger partial charge in [0.05, 0.1) is 6.04 Å². The highest BCUT2D eigenvalue weighted by molar-refractivity contribution is 9.10. The smallest absolute Gasteiger partial charge is 0.171 e. The van der Waals surface area contributed by atoms with Crippen molar-refractivity contribution in [2.24, 2.45) is 0 Å². The van der Waals surface area contributed by atoms with Crippen molar-refractivity contribution in [3.63, 3.8) is 0 Å². The monoisotopic (exact) mass is 506 g/mol. The molecule has 4 rings (SSSR count). The zero-order valence-electron chi connectivity index (χ0n) is 13.8. The molecule has 2 nitrogen and oxygen atoms in total. The summed E-state index contributed by atoms with van der Waals surface area (Å²) in [5, 5.41) is 7.54. The number of hydrogen-bond acceptors (Lipinski definition) is 2. The van der Waals surface area contributed by atoms with E-state index in [1.54, 1.807) is 0 Å². The Balaban J connectivity index is 1.78. The molecule has 0 unspecified atom stereocenters. The Morgan fingerprint density at radius 1 is 1.04 bits per heavy atom. The molecule has 2 N–H and O–H groups in total. The molecule has 0 aromatic heterocycles. The van der Waals surface area contributed by atoms with Crippen LogP contribution in [0.4, 0.5) is 0 Å². The number of allylic oxidation sites excluding steroid dienone is 1. The van der Waals surface area contributed by atoms with Gasteiger partial charge in [-0.25, -0.2) is 0 Å². The van der Waals surface area contributed by atoms with Crippen LogP contribution in [0.25, 0.3) is 6.08 Å². The van der Waals surface area contributed by atoms with Gasteiger partial charge in [0.2, 0.25) is 0 Å². The first-order valence-corrected chi connectivity index (χ1v) is 11.4. The summed E-state index contributed by atoms with van der Waals surface area (Å²) in [6.45, 7) is 0. The summed E-state index contributed by atoms with van der Waals surface area (Å²) in [4.78, 5) is 0. The van der Waals surface area contributed by atoms with E-state index in [4.69, 9.17) is 12.2 Å². The van der Waals surface area contributed by atoms with Gasteiger partial charge in [-0.1, -0.05) is 56.1 Å². The summed E-state index contributed by atoms with van der Waals surface area (Å²) < 4.78 is 2.17. The van der Waals surface area contributed by atoms with Crippen LogP contribution in [0.2, 0.25) is 0 Å². The molecule has 2 aromatic rings. The van der Waals surface area contributed by atoms with Gasteiger partial charge in [-0.05, 0) is 64.8 Å². The average Bonchev–Trinajstić information content (AvgIpc) is 2.62. The summed E-state index contributed by atoms with van der Waals surface area (Å²) in [5.41, 5.74) is 6.24. The quantitative estimate of drug-likeness (QED) is 0.500. The lowest BCUT2D eigenvalue weighted by molar-refractivity contribution is 0.694. The number of thiocarbonyl (C=S) groups is 1. The van der Waals surface area contributed by atoms with Crippen molar-refractivity contribution >= 4 is 67.0 Å². The molecule has 2 aliphatic heterocycles. The zero-order chi connectivity index (χ0) is 18.1. The zero-order valence-corrected chi connectivity index (χ0v) is 18.6. The third kappa shape index (κ3) is 3.93. The summed E-state index contributed by atoms with van der Waals surface area (Å²) in [6, 6.07) is 16.9. The molecule has 0 saturated heterocycles. The van der Waals surface area contributed by atoms with E-state index < -0.39 is 0 Å². The maximum absolute atomic E-state index is 5.51. The predicted molar refractivity (Wildman–Crippen MR) is 122 cm³/mol. The number of benzene rings is 2. The minimum atomic E-state index is 0.106. The molecule has 0 bridgehead atoms. The average molecular weight is 508 g/mol. The fourth-order valence-electron chi connectivity index (χ4n) is 3.26. The van der Waals surface area contributed by atoms with Crippen LogP contribution in [0.3, 0.4) is 0 Å². The van der Waals surface area contributed by atoms with E-state index in [9.17, 15) is 0 Å². The number of thioether (sulfide) groups is 1. The highest BCUT2D eigenvalue weighted by atomic mass is 79.9. The molecule has 2 heterocycles. The van der Waals surface area contributed by atoms with E-state index in [0.29, 0.717) is 5.11 Å². The highest BCUT2D eigenvalue weighted by Gasteiger charge is 2.30. The van der Waals surface area contributed by atoms with Crippen molar-refractivity contribution in [2.75, 3.05) is 11.5 Å². The molecule has 0 fully saturated rings. The second-order valence-electron chi connectivity index (χ2n) is 6.20. The Kier molecular flexibility index (Phi) is 5.55. The van der Waals surface area contributed by atoms with Crippen LogP contribution in [0.15, 0.2) is 74.3 Å². The highest BCUT2D eigenvalue weighted by Crippen LogP contribution is 2.38.